The highest BCUT2D eigenvalue weighted by Gasteiger charge is 2.22. The SMILES string of the molecule is COc1ccc(S(=O)(=O)Nc2ccccc2C(=O)O[C@@H](C)C(N)=O)cc1. The van der Waals surface area contributed by atoms with Gasteiger partial charge in [-0.15, -0.1) is 0 Å². The molecule has 3 N–H and O–H groups in total. The maximum Gasteiger partial charge on any atom is 0.341 e. The number of esters is 1. The van der Waals surface area contributed by atoms with E-state index in [1.807, 2.05) is 0 Å². The molecule has 0 fully saturated rings. The quantitative estimate of drug-likeness (QED) is 0.704. The Morgan fingerprint density at radius 1 is 1.08 bits per heavy atom. The van der Waals surface area contributed by atoms with Crippen LogP contribution in [0.2, 0.25) is 0 Å². The van der Waals surface area contributed by atoms with Crippen LogP contribution in [-0.2, 0) is 19.6 Å². The minimum absolute atomic E-state index is 0.00743. The topological polar surface area (TPSA) is 125 Å². The summed E-state index contributed by atoms with van der Waals surface area (Å²) in [5.41, 5.74) is 5.04. The Morgan fingerprint density at radius 2 is 1.69 bits per heavy atom. The maximum atomic E-state index is 12.5. The van der Waals surface area contributed by atoms with Crippen LogP contribution < -0.4 is 15.2 Å². The largest absolute Gasteiger partial charge is 0.497 e. The summed E-state index contributed by atoms with van der Waals surface area (Å²) in [6, 6.07) is 11.6. The number of nitrogens with one attached hydrogen (secondary N) is 1. The number of sulfonamides is 1. The van der Waals surface area contributed by atoms with Crippen LogP contribution in [0.3, 0.4) is 0 Å². The van der Waals surface area contributed by atoms with E-state index in [1.165, 1.54) is 56.5 Å². The third kappa shape index (κ3) is 4.51. The Bertz CT molecular complexity index is 909. The summed E-state index contributed by atoms with van der Waals surface area (Å²) in [6.45, 7) is 1.32. The second kappa shape index (κ2) is 7.87. The van der Waals surface area contributed by atoms with Crippen molar-refractivity contribution in [3.05, 3.63) is 54.1 Å². The van der Waals surface area contributed by atoms with Crippen LogP contribution in [-0.4, -0.2) is 33.5 Å². The molecule has 0 heterocycles. The van der Waals surface area contributed by atoms with Crippen LogP contribution in [0.1, 0.15) is 17.3 Å². The molecule has 0 spiro atoms. The number of anilines is 1. The van der Waals surface area contributed by atoms with Crippen molar-refractivity contribution in [1.29, 1.82) is 0 Å². The van der Waals surface area contributed by atoms with E-state index in [0.29, 0.717) is 5.75 Å². The summed E-state index contributed by atoms with van der Waals surface area (Å²) in [4.78, 5) is 23.2. The molecule has 0 radical (unpaired) electrons. The van der Waals surface area contributed by atoms with Crippen molar-refractivity contribution < 1.29 is 27.5 Å². The first kappa shape index (κ1) is 19.3. The number of hydrogen-bond acceptors (Lipinski definition) is 6. The molecular formula is C17H18N2O6S. The first-order chi connectivity index (χ1) is 12.2. The number of rotatable bonds is 7. The highest BCUT2D eigenvalue weighted by molar-refractivity contribution is 7.92. The van der Waals surface area contributed by atoms with Gasteiger partial charge in [-0.25, -0.2) is 13.2 Å². The Hall–Kier alpha value is -3.07. The molecule has 9 heteroatoms. The van der Waals surface area contributed by atoms with Crippen LogP contribution in [0.15, 0.2) is 53.4 Å². The minimum Gasteiger partial charge on any atom is -0.497 e. The molecule has 0 bridgehead atoms. The molecule has 0 aromatic heterocycles. The fourth-order valence-electron chi connectivity index (χ4n) is 1.99. The summed E-state index contributed by atoms with van der Waals surface area (Å²) in [7, 11) is -2.48. The highest BCUT2D eigenvalue weighted by atomic mass is 32.2. The zero-order valence-corrected chi connectivity index (χ0v) is 14.9. The lowest BCUT2D eigenvalue weighted by atomic mass is 10.2. The molecule has 0 saturated heterocycles. The van der Waals surface area contributed by atoms with Gasteiger partial charge in [0.05, 0.1) is 23.3 Å². The van der Waals surface area contributed by atoms with E-state index in [1.54, 1.807) is 6.07 Å². The van der Waals surface area contributed by atoms with E-state index in [0.717, 1.165) is 0 Å². The van der Waals surface area contributed by atoms with Crippen molar-refractivity contribution in [1.82, 2.24) is 0 Å². The van der Waals surface area contributed by atoms with Gasteiger partial charge in [-0.1, -0.05) is 12.1 Å². The van der Waals surface area contributed by atoms with Gasteiger partial charge in [0, 0.05) is 0 Å². The van der Waals surface area contributed by atoms with Crippen LogP contribution in [0, 0.1) is 0 Å². The number of hydrogen-bond donors (Lipinski definition) is 2. The lowest BCUT2D eigenvalue weighted by molar-refractivity contribution is -0.125. The van der Waals surface area contributed by atoms with Crippen LogP contribution >= 0.6 is 0 Å². The van der Waals surface area contributed by atoms with Crippen LogP contribution in [0.25, 0.3) is 0 Å². The molecule has 0 aliphatic carbocycles. The average molecular weight is 378 g/mol. The van der Waals surface area contributed by atoms with Gasteiger partial charge in [-0.2, -0.15) is 0 Å². The molecule has 0 aliphatic rings. The molecule has 8 nitrogen and oxygen atoms in total. The first-order valence-corrected chi connectivity index (χ1v) is 8.99. The Morgan fingerprint density at radius 3 is 2.27 bits per heavy atom. The molecule has 2 aromatic rings. The molecular weight excluding hydrogens is 360 g/mol. The smallest absolute Gasteiger partial charge is 0.341 e. The van der Waals surface area contributed by atoms with E-state index >= 15 is 0 Å². The van der Waals surface area contributed by atoms with Gasteiger partial charge >= 0.3 is 5.97 Å². The maximum absolute atomic E-state index is 12.5. The third-order valence-electron chi connectivity index (χ3n) is 3.45. The normalized spacial score (nSPS) is 12.1. The van der Waals surface area contributed by atoms with Gasteiger partial charge in [-0.3, -0.25) is 9.52 Å². The molecule has 1 amide bonds. The van der Waals surface area contributed by atoms with Crippen molar-refractivity contribution in [2.45, 2.75) is 17.9 Å². The number of nitrogens with two attached hydrogens (primary N) is 1. The standard InChI is InChI=1S/C17H18N2O6S/c1-11(16(18)20)25-17(21)14-5-3-4-6-15(14)19-26(22,23)13-9-7-12(24-2)8-10-13/h3-11,19H,1-2H3,(H2,18,20)/t11-/m0/s1. The summed E-state index contributed by atoms with van der Waals surface area (Å²) in [5, 5.41) is 0. The number of amides is 1. The average Bonchev–Trinajstić information content (AvgIpc) is 2.61. The van der Waals surface area contributed by atoms with Crippen molar-refractivity contribution in [2.75, 3.05) is 11.8 Å². The van der Waals surface area contributed by atoms with Crippen molar-refractivity contribution in [2.24, 2.45) is 5.73 Å². The van der Waals surface area contributed by atoms with E-state index in [4.69, 9.17) is 15.2 Å². The fourth-order valence-corrected chi connectivity index (χ4v) is 3.07. The summed E-state index contributed by atoms with van der Waals surface area (Å²) >= 11 is 0. The number of methoxy groups -OCH3 is 1. The van der Waals surface area contributed by atoms with E-state index in [2.05, 4.69) is 4.72 Å². The molecule has 2 rings (SSSR count). The molecule has 138 valence electrons. The molecule has 1 atom stereocenters. The molecule has 2 aromatic carbocycles. The van der Waals surface area contributed by atoms with E-state index in [-0.39, 0.29) is 16.1 Å². The van der Waals surface area contributed by atoms with Crippen LogP contribution in [0.4, 0.5) is 5.69 Å². The lowest BCUT2D eigenvalue weighted by Gasteiger charge is -2.14. The molecule has 26 heavy (non-hydrogen) atoms. The van der Waals surface area contributed by atoms with Gasteiger partial charge in [0.1, 0.15) is 5.75 Å². The zero-order chi connectivity index (χ0) is 19.3. The first-order valence-electron chi connectivity index (χ1n) is 7.51. The van der Waals surface area contributed by atoms with Gasteiger partial charge < -0.3 is 15.2 Å². The predicted octanol–water partition coefficient (Wildman–Crippen LogP) is 1.53. The monoisotopic (exact) mass is 378 g/mol. The van der Waals surface area contributed by atoms with Crippen molar-refractivity contribution in [3.8, 4) is 5.75 Å². The Kier molecular flexibility index (Phi) is 5.83. The van der Waals surface area contributed by atoms with Gasteiger partial charge in [-0.05, 0) is 43.3 Å². The van der Waals surface area contributed by atoms with Crippen LogP contribution in [0.5, 0.6) is 5.75 Å². The molecule has 0 unspecified atom stereocenters. The summed E-state index contributed by atoms with van der Waals surface area (Å²) < 4.78 is 37.3. The number of carbonyl (C=O) groups is 2. The third-order valence-corrected chi connectivity index (χ3v) is 4.83. The van der Waals surface area contributed by atoms with Gasteiger partial charge in [0.2, 0.25) is 0 Å². The summed E-state index contributed by atoms with van der Waals surface area (Å²) in [6.07, 6.45) is -1.14. The number of benzene rings is 2. The fraction of sp³-hybridized carbons (Fsp3) is 0.176. The van der Waals surface area contributed by atoms with Crippen molar-refractivity contribution in [3.63, 3.8) is 0 Å². The summed E-state index contributed by atoms with van der Waals surface area (Å²) in [5.74, 6) is -1.17. The number of para-hydroxylation sites is 1. The Labute approximate surface area is 151 Å². The predicted molar refractivity (Wildman–Crippen MR) is 94.3 cm³/mol. The minimum atomic E-state index is -3.94. The van der Waals surface area contributed by atoms with Crippen molar-refractivity contribution >= 4 is 27.6 Å². The van der Waals surface area contributed by atoms with E-state index < -0.39 is 28.0 Å². The zero-order valence-electron chi connectivity index (χ0n) is 14.1. The van der Waals surface area contributed by atoms with Gasteiger partial charge in [0.15, 0.2) is 6.10 Å². The number of carbonyl (C=O) groups excluding carboxylic acids is 2. The highest BCUT2D eigenvalue weighted by Crippen LogP contribution is 2.22. The van der Waals surface area contributed by atoms with E-state index in [9.17, 15) is 18.0 Å². The molecule has 0 aliphatic heterocycles. The Balaban J connectivity index is 2.28. The number of primary amides is 1. The second-order valence-corrected chi connectivity index (χ2v) is 6.96. The molecule has 0 saturated carbocycles. The number of ether oxygens (including phenoxy) is 2. The van der Waals surface area contributed by atoms with Gasteiger partial charge in [0.25, 0.3) is 15.9 Å². The lowest BCUT2D eigenvalue weighted by Crippen LogP contribution is -2.30. The second-order valence-electron chi connectivity index (χ2n) is 5.28.